The molecule has 0 aliphatic carbocycles. The molecule has 4 aromatic rings. The Kier molecular flexibility index (Phi) is 5.56. The number of aromatic nitrogens is 1. The van der Waals surface area contributed by atoms with Crippen LogP contribution in [-0.2, 0) is 16.9 Å². The second-order valence-corrected chi connectivity index (χ2v) is 8.51. The van der Waals surface area contributed by atoms with E-state index < -0.39 is 5.60 Å². The van der Waals surface area contributed by atoms with Crippen molar-refractivity contribution >= 4 is 22.6 Å². The molecule has 0 radical (unpaired) electrons. The number of rotatable bonds is 7. The van der Waals surface area contributed by atoms with E-state index in [0.717, 1.165) is 52.1 Å². The lowest BCUT2D eigenvalue weighted by Gasteiger charge is -2.32. The normalized spacial score (nSPS) is 17.0. The predicted octanol–water partition coefficient (Wildman–Crippen LogP) is 6.26. The Morgan fingerprint density at radius 3 is 2.50 bits per heavy atom. The number of nitrogens with zero attached hydrogens (tertiary/aromatic N) is 1. The molecule has 174 valence electrons. The van der Waals surface area contributed by atoms with Gasteiger partial charge in [0, 0.05) is 58.1 Å². The summed E-state index contributed by atoms with van der Waals surface area (Å²) in [6, 6.07) is 22.1. The number of carbonyl (C=O) groups excluding carboxylic acids is 1. The number of hydrogen-bond donors (Lipinski definition) is 1. The molecule has 5 nitrogen and oxygen atoms in total. The molecule has 0 bridgehead atoms. The Hall–Kier alpha value is -3.73. The van der Waals surface area contributed by atoms with Gasteiger partial charge in [-0.25, -0.2) is 4.79 Å². The largest absolute Gasteiger partial charge is 0.493 e. The molecule has 3 aromatic carbocycles. The van der Waals surface area contributed by atoms with Crippen LogP contribution in [0, 0.1) is 6.92 Å². The lowest BCUT2D eigenvalue weighted by molar-refractivity contribution is 0.0246. The average molecular weight is 455 g/mol. The molecule has 1 aromatic heterocycles. The van der Waals surface area contributed by atoms with Crippen LogP contribution >= 0.6 is 0 Å². The second kappa shape index (κ2) is 8.56. The number of cyclic esters (lactones) is 1. The van der Waals surface area contributed by atoms with Gasteiger partial charge >= 0.3 is 5.97 Å². The first kappa shape index (κ1) is 22.1. The maximum Gasteiger partial charge on any atom is 0.340 e. The lowest BCUT2D eigenvalue weighted by Crippen LogP contribution is -2.31. The van der Waals surface area contributed by atoms with E-state index in [1.54, 1.807) is 0 Å². The average Bonchev–Trinajstić information content (AvgIpc) is 3.31. The number of carbonyl (C=O) groups is 1. The minimum atomic E-state index is -1.12. The van der Waals surface area contributed by atoms with E-state index in [2.05, 4.69) is 48.9 Å². The van der Waals surface area contributed by atoms with Gasteiger partial charge in [0.15, 0.2) is 5.60 Å². The van der Waals surface area contributed by atoms with Crippen molar-refractivity contribution < 1.29 is 14.3 Å². The Bertz CT molecular complexity index is 1390. The Labute approximate surface area is 200 Å². The van der Waals surface area contributed by atoms with Crippen LogP contribution in [0.3, 0.4) is 0 Å². The van der Waals surface area contributed by atoms with Crippen LogP contribution in [0.4, 0.5) is 5.69 Å². The van der Waals surface area contributed by atoms with Gasteiger partial charge in [0.2, 0.25) is 0 Å². The van der Waals surface area contributed by atoms with Gasteiger partial charge in [-0.1, -0.05) is 36.4 Å². The van der Waals surface area contributed by atoms with E-state index in [9.17, 15) is 4.79 Å². The van der Waals surface area contributed by atoms with E-state index in [4.69, 9.17) is 9.47 Å². The number of benzene rings is 3. The highest BCUT2D eigenvalue weighted by atomic mass is 16.6. The maximum absolute atomic E-state index is 13.3. The third kappa shape index (κ3) is 3.11. The van der Waals surface area contributed by atoms with Crippen LogP contribution in [0.15, 0.2) is 66.7 Å². The number of para-hydroxylation sites is 1. The molecule has 1 atom stereocenters. The number of aryl methyl sites for hydroxylation is 1. The maximum atomic E-state index is 13.3. The highest BCUT2D eigenvalue weighted by molar-refractivity contribution is 5.99. The first-order valence-corrected chi connectivity index (χ1v) is 12.0. The minimum absolute atomic E-state index is 0.318. The van der Waals surface area contributed by atoms with Gasteiger partial charge in [-0.2, -0.15) is 0 Å². The zero-order chi connectivity index (χ0) is 23.9. The molecule has 5 rings (SSSR count). The fraction of sp³-hybridized carbons (Fsp3) is 0.276. The fourth-order valence-electron chi connectivity index (χ4n) is 5.42. The van der Waals surface area contributed by atoms with E-state index >= 15 is 0 Å². The fourth-order valence-corrected chi connectivity index (χ4v) is 5.42. The van der Waals surface area contributed by atoms with Gasteiger partial charge in [0.05, 0.1) is 12.2 Å². The molecule has 0 saturated heterocycles. The predicted molar refractivity (Wildman–Crippen MR) is 136 cm³/mol. The van der Waals surface area contributed by atoms with E-state index in [-0.39, 0.29) is 5.97 Å². The van der Waals surface area contributed by atoms with Crippen LogP contribution in [0.1, 0.15) is 53.5 Å². The summed E-state index contributed by atoms with van der Waals surface area (Å²) in [6.07, 6.45) is 0. The van der Waals surface area contributed by atoms with Crippen molar-refractivity contribution in [1.82, 2.24) is 4.57 Å². The first-order chi connectivity index (χ1) is 16.6. The monoisotopic (exact) mass is 454 g/mol. The molecule has 2 heterocycles. The molecule has 1 unspecified atom stereocenters. The summed E-state index contributed by atoms with van der Waals surface area (Å²) in [4.78, 5) is 13.3. The molecular formula is C29H30N2O3. The van der Waals surface area contributed by atoms with Crippen molar-refractivity contribution in [2.75, 3.05) is 18.5 Å². The highest BCUT2D eigenvalue weighted by Gasteiger charge is 2.52. The number of fused-ring (bicyclic) bond motifs is 2. The quantitative estimate of drug-likeness (QED) is 0.335. The summed E-state index contributed by atoms with van der Waals surface area (Å²) in [5, 5.41) is 4.44. The van der Waals surface area contributed by atoms with Crippen molar-refractivity contribution in [3.05, 3.63) is 94.7 Å². The van der Waals surface area contributed by atoms with Gasteiger partial charge < -0.3 is 19.4 Å². The molecule has 0 spiro atoms. The summed E-state index contributed by atoms with van der Waals surface area (Å²) in [5.41, 5.74) is 5.30. The van der Waals surface area contributed by atoms with Gasteiger partial charge in [-0.3, -0.25) is 0 Å². The Morgan fingerprint density at radius 2 is 1.74 bits per heavy atom. The van der Waals surface area contributed by atoms with Gasteiger partial charge in [0.1, 0.15) is 5.75 Å². The van der Waals surface area contributed by atoms with Crippen molar-refractivity contribution in [3.63, 3.8) is 0 Å². The number of esters is 1. The van der Waals surface area contributed by atoms with Crippen molar-refractivity contribution in [1.29, 1.82) is 0 Å². The molecule has 1 N–H and O–H groups in total. The lowest BCUT2D eigenvalue weighted by atomic mass is 9.78. The standard InChI is InChI=1S/C29H30N2O3/c1-5-30-20-16-17-24(26(18-20)33-7-3)29(23-14-10-8-12-21(23)28(32)34-29)27-19(4)31(6-2)25-15-11-9-13-22(25)27/h8-18,30H,5-7H2,1-4H3. The second-order valence-electron chi connectivity index (χ2n) is 8.51. The number of anilines is 1. The molecule has 1 aliphatic rings. The number of hydrogen-bond acceptors (Lipinski definition) is 4. The van der Waals surface area contributed by atoms with Gasteiger partial charge in [-0.15, -0.1) is 0 Å². The van der Waals surface area contributed by atoms with Crippen molar-refractivity contribution in [3.8, 4) is 5.75 Å². The SMILES string of the molecule is CCNc1ccc(C2(c3c(C)n(CC)c4ccccc34)OC(=O)c3ccccc32)c(OCC)c1. The number of nitrogens with one attached hydrogen (secondary N) is 1. The summed E-state index contributed by atoms with van der Waals surface area (Å²) >= 11 is 0. The summed E-state index contributed by atoms with van der Waals surface area (Å²) in [5.74, 6) is 0.389. The molecule has 5 heteroatoms. The molecular weight excluding hydrogens is 424 g/mol. The van der Waals surface area contributed by atoms with E-state index in [0.29, 0.717) is 17.9 Å². The Morgan fingerprint density at radius 1 is 0.971 bits per heavy atom. The number of ether oxygens (including phenoxy) is 2. The molecule has 0 saturated carbocycles. The molecule has 0 amide bonds. The topological polar surface area (TPSA) is 52.5 Å². The van der Waals surface area contributed by atoms with Crippen LogP contribution in [0.5, 0.6) is 5.75 Å². The molecule has 0 fully saturated rings. The smallest absolute Gasteiger partial charge is 0.340 e. The van der Waals surface area contributed by atoms with Gasteiger partial charge in [0.25, 0.3) is 0 Å². The van der Waals surface area contributed by atoms with Gasteiger partial charge in [-0.05, 0) is 52.0 Å². The van der Waals surface area contributed by atoms with Crippen LogP contribution in [-0.4, -0.2) is 23.7 Å². The van der Waals surface area contributed by atoms with Crippen LogP contribution < -0.4 is 10.1 Å². The van der Waals surface area contributed by atoms with Crippen LogP contribution in [0.25, 0.3) is 10.9 Å². The van der Waals surface area contributed by atoms with Crippen LogP contribution in [0.2, 0.25) is 0 Å². The third-order valence-corrected chi connectivity index (χ3v) is 6.71. The highest BCUT2D eigenvalue weighted by Crippen LogP contribution is 2.53. The summed E-state index contributed by atoms with van der Waals surface area (Å²) in [6.45, 7) is 10.4. The zero-order valence-electron chi connectivity index (χ0n) is 20.1. The van der Waals surface area contributed by atoms with E-state index in [1.807, 2.05) is 55.5 Å². The van der Waals surface area contributed by atoms with Crippen molar-refractivity contribution in [2.24, 2.45) is 0 Å². The molecule has 1 aliphatic heterocycles. The molecule has 34 heavy (non-hydrogen) atoms. The zero-order valence-corrected chi connectivity index (χ0v) is 20.1. The minimum Gasteiger partial charge on any atom is -0.493 e. The third-order valence-electron chi connectivity index (χ3n) is 6.71. The summed E-state index contributed by atoms with van der Waals surface area (Å²) in [7, 11) is 0. The van der Waals surface area contributed by atoms with E-state index in [1.165, 1.54) is 0 Å². The van der Waals surface area contributed by atoms with Crippen molar-refractivity contribution in [2.45, 2.75) is 39.8 Å². The Balaban J connectivity index is 1.92. The summed E-state index contributed by atoms with van der Waals surface area (Å²) < 4.78 is 14.9. The first-order valence-electron chi connectivity index (χ1n) is 12.0.